The maximum absolute atomic E-state index is 9.85. The topological polar surface area (TPSA) is 67.3 Å². The molecule has 118 valence electrons. The van der Waals surface area contributed by atoms with E-state index in [0.717, 1.165) is 31.4 Å². The Balaban J connectivity index is 2.14. The number of hydrogen-bond acceptors (Lipinski definition) is 5. The van der Waals surface area contributed by atoms with Crippen molar-refractivity contribution in [1.82, 2.24) is 9.97 Å². The second kappa shape index (κ2) is 7.07. The van der Waals surface area contributed by atoms with Crippen LogP contribution in [0.4, 0.5) is 5.95 Å². The Morgan fingerprint density at radius 3 is 2.95 bits per heavy atom. The molecule has 0 amide bonds. The van der Waals surface area contributed by atoms with Gasteiger partial charge in [0.15, 0.2) is 0 Å². The number of aryl methyl sites for hydroxylation is 1. The molecule has 5 heteroatoms. The molecule has 2 rings (SSSR count). The van der Waals surface area contributed by atoms with Crippen molar-refractivity contribution in [2.75, 3.05) is 18.5 Å². The van der Waals surface area contributed by atoms with Crippen LogP contribution >= 0.6 is 0 Å². The third-order valence-corrected chi connectivity index (χ3v) is 4.06. The molecule has 2 unspecified atom stereocenters. The fourth-order valence-corrected chi connectivity index (χ4v) is 3.07. The van der Waals surface area contributed by atoms with E-state index >= 15 is 0 Å². The van der Waals surface area contributed by atoms with E-state index in [1.54, 1.807) is 0 Å². The summed E-state index contributed by atoms with van der Waals surface area (Å²) < 4.78 is 5.60. The van der Waals surface area contributed by atoms with Crippen LogP contribution in [0.25, 0.3) is 0 Å². The number of nitrogens with zero attached hydrogens (tertiary/aromatic N) is 2. The van der Waals surface area contributed by atoms with Crippen molar-refractivity contribution in [3.63, 3.8) is 0 Å². The summed E-state index contributed by atoms with van der Waals surface area (Å²) in [4.78, 5) is 8.87. The highest BCUT2D eigenvalue weighted by Crippen LogP contribution is 2.34. The number of aliphatic hydroxyl groups excluding tert-OH is 1. The maximum Gasteiger partial charge on any atom is 0.226 e. The number of rotatable bonds is 6. The smallest absolute Gasteiger partial charge is 0.226 e. The molecule has 0 saturated heterocycles. The van der Waals surface area contributed by atoms with E-state index in [-0.39, 0.29) is 12.1 Å². The van der Waals surface area contributed by atoms with Gasteiger partial charge in [0.25, 0.3) is 0 Å². The van der Waals surface area contributed by atoms with E-state index in [9.17, 15) is 5.11 Å². The summed E-state index contributed by atoms with van der Waals surface area (Å²) in [6.45, 7) is 6.99. The van der Waals surface area contributed by atoms with Crippen molar-refractivity contribution in [1.29, 1.82) is 0 Å². The number of nitrogens with one attached hydrogen (secondary N) is 1. The van der Waals surface area contributed by atoms with Gasteiger partial charge in [-0.2, -0.15) is 4.98 Å². The van der Waals surface area contributed by atoms with Crippen LogP contribution in [-0.2, 0) is 0 Å². The molecular weight excluding hydrogens is 266 g/mol. The lowest BCUT2D eigenvalue weighted by Crippen LogP contribution is -2.46. The van der Waals surface area contributed by atoms with Gasteiger partial charge in [-0.3, -0.25) is 0 Å². The average molecular weight is 293 g/mol. The number of aromatic nitrogens is 2. The molecule has 2 atom stereocenters. The van der Waals surface area contributed by atoms with Gasteiger partial charge in [0.2, 0.25) is 11.8 Å². The normalized spacial score (nSPS) is 25.6. The molecule has 0 radical (unpaired) electrons. The highest BCUT2D eigenvalue weighted by Gasteiger charge is 2.35. The first-order valence-corrected chi connectivity index (χ1v) is 7.94. The van der Waals surface area contributed by atoms with Crippen molar-refractivity contribution >= 4 is 5.95 Å². The molecule has 1 aromatic rings. The summed E-state index contributed by atoms with van der Waals surface area (Å²) in [5.74, 6) is 1.77. The van der Waals surface area contributed by atoms with Crippen LogP contribution < -0.4 is 10.1 Å². The van der Waals surface area contributed by atoms with Crippen LogP contribution in [-0.4, -0.2) is 33.8 Å². The molecule has 0 bridgehead atoms. The first-order valence-electron chi connectivity index (χ1n) is 7.94. The molecule has 1 aromatic heterocycles. The molecular formula is C16H27N3O2. The minimum atomic E-state index is -0.298. The first-order chi connectivity index (χ1) is 10.1. The van der Waals surface area contributed by atoms with Crippen LogP contribution in [0.5, 0.6) is 5.88 Å². The Hall–Kier alpha value is -1.36. The Bertz CT molecular complexity index is 467. The lowest BCUT2D eigenvalue weighted by atomic mass is 9.77. The van der Waals surface area contributed by atoms with Crippen LogP contribution in [0.1, 0.15) is 51.6 Å². The largest absolute Gasteiger partial charge is 0.478 e. The van der Waals surface area contributed by atoms with Crippen LogP contribution in [0, 0.1) is 12.8 Å². The Morgan fingerprint density at radius 1 is 1.48 bits per heavy atom. The first kappa shape index (κ1) is 16.0. The van der Waals surface area contributed by atoms with E-state index < -0.39 is 0 Å². The summed E-state index contributed by atoms with van der Waals surface area (Å²) in [5.41, 5.74) is 0.573. The van der Waals surface area contributed by atoms with Gasteiger partial charge in [-0.25, -0.2) is 4.98 Å². The fourth-order valence-electron chi connectivity index (χ4n) is 3.07. The lowest BCUT2D eigenvalue weighted by Gasteiger charge is -2.39. The Morgan fingerprint density at radius 2 is 2.29 bits per heavy atom. The third-order valence-electron chi connectivity index (χ3n) is 4.06. The van der Waals surface area contributed by atoms with Gasteiger partial charge in [-0.05, 0) is 32.1 Å². The molecule has 1 aliphatic carbocycles. The molecule has 21 heavy (non-hydrogen) atoms. The third kappa shape index (κ3) is 4.30. The Kier molecular flexibility index (Phi) is 5.39. The highest BCUT2D eigenvalue weighted by molar-refractivity contribution is 5.34. The summed E-state index contributed by atoms with van der Waals surface area (Å²) in [6, 6.07) is 1.84. The van der Waals surface area contributed by atoms with E-state index in [2.05, 4.69) is 29.1 Å². The molecule has 1 heterocycles. The zero-order valence-electron chi connectivity index (χ0n) is 13.4. The summed E-state index contributed by atoms with van der Waals surface area (Å²) in [6.07, 6.45) is 5.20. The van der Waals surface area contributed by atoms with E-state index in [4.69, 9.17) is 4.74 Å². The van der Waals surface area contributed by atoms with Crippen molar-refractivity contribution in [3.8, 4) is 5.88 Å². The molecule has 0 spiro atoms. The Labute approximate surface area is 127 Å². The number of aliphatic hydroxyl groups is 1. The predicted octanol–water partition coefficient (Wildman–Crippen LogP) is 2.93. The molecule has 5 nitrogen and oxygen atoms in total. The van der Waals surface area contributed by atoms with Gasteiger partial charge in [0, 0.05) is 11.8 Å². The molecule has 1 saturated carbocycles. The second-order valence-electron chi connectivity index (χ2n) is 6.28. The molecule has 2 N–H and O–H groups in total. The van der Waals surface area contributed by atoms with Crippen LogP contribution in [0.2, 0.25) is 0 Å². The van der Waals surface area contributed by atoms with Crippen LogP contribution in [0.15, 0.2) is 6.07 Å². The predicted molar refractivity (Wildman–Crippen MR) is 83.6 cm³/mol. The molecule has 0 aromatic carbocycles. The summed E-state index contributed by atoms with van der Waals surface area (Å²) in [7, 11) is 0. The molecule has 1 fully saturated rings. The molecule has 0 aliphatic heterocycles. The summed E-state index contributed by atoms with van der Waals surface area (Å²) in [5, 5.41) is 13.2. The molecule has 1 aliphatic rings. The van der Waals surface area contributed by atoms with Gasteiger partial charge in [-0.1, -0.05) is 26.7 Å². The zero-order valence-corrected chi connectivity index (χ0v) is 13.4. The minimum absolute atomic E-state index is 0.111. The van der Waals surface area contributed by atoms with Gasteiger partial charge in [0.1, 0.15) is 0 Å². The van der Waals surface area contributed by atoms with Crippen molar-refractivity contribution in [2.24, 2.45) is 5.92 Å². The van der Waals surface area contributed by atoms with Gasteiger partial charge >= 0.3 is 0 Å². The number of hydrogen-bond donors (Lipinski definition) is 2. The second-order valence-corrected chi connectivity index (χ2v) is 6.28. The fraction of sp³-hybridized carbons (Fsp3) is 0.750. The summed E-state index contributed by atoms with van der Waals surface area (Å²) >= 11 is 0. The number of ether oxygens (including phenoxy) is 1. The van der Waals surface area contributed by atoms with E-state index in [0.29, 0.717) is 24.4 Å². The van der Waals surface area contributed by atoms with E-state index in [1.807, 2.05) is 13.0 Å². The van der Waals surface area contributed by atoms with Crippen LogP contribution in [0.3, 0.4) is 0 Å². The van der Waals surface area contributed by atoms with Crippen molar-refractivity contribution < 1.29 is 9.84 Å². The highest BCUT2D eigenvalue weighted by atomic mass is 16.5. The average Bonchev–Trinajstić information content (AvgIpc) is 2.44. The van der Waals surface area contributed by atoms with Crippen molar-refractivity contribution in [2.45, 2.75) is 58.4 Å². The van der Waals surface area contributed by atoms with Gasteiger partial charge in [-0.15, -0.1) is 0 Å². The monoisotopic (exact) mass is 293 g/mol. The quantitative estimate of drug-likeness (QED) is 0.844. The SMILES string of the molecule is CCCOc1cc(C)nc(NC2(CO)CCCC(C)C2)n1. The zero-order chi connectivity index (χ0) is 15.3. The number of anilines is 1. The van der Waals surface area contributed by atoms with Gasteiger partial charge < -0.3 is 15.2 Å². The maximum atomic E-state index is 9.85. The van der Waals surface area contributed by atoms with E-state index in [1.165, 1.54) is 6.42 Å². The van der Waals surface area contributed by atoms with Crippen molar-refractivity contribution in [3.05, 3.63) is 11.8 Å². The van der Waals surface area contributed by atoms with Gasteiger partial charge in [0.05, 0.1) is 18.8 Å². The standard InChI is InChI=1S/C16H27N3O2/c1-4-8-21-14-9-13(3)17-15(18-14)19-16(11-20)7-5-6-12(2)10-16/h9,12,20H,4-8,10-11H2,1-3H3,(H,17,18,19). The lowest BCUT2D eigenvalue weighted by molar-refractivity contribution is 0.149. The minimum Gasteiger partial charge on any atom is -0.478 e.